The standard InChI is InChI=1S/C23H31N3O2/c1-18-15-20(24-28-18)17-26-10-9-23(19-5-3-2-4-6-19)8-7-21(16-22(23)26)25-11-13-27-14-12-25/h2-6,15,21-22H,7-14,16-17H2,1H3/t21-,22-,23-/m0/s1. The molecule has 0 radical (unpaired) electrons. The Morgan fingerprint density at radius 3 is 2.68 bits per heavy atom. The summed E-state index contributed by atoms with van der Waals surface area (Å²) < 4.78 is 10.9. The number of nitrogens with zero attached hydrogens (tertiary/aromatic N) is 3. The molecule has 2 saturated heterocycles. The van der Waals surface area contributed by atoms with Crippen LogP contribution in [0.2, 0.25) is 0 Å². The highest BCUT2D eigenvalue weighted by Crippen LogP contribution is 2.50. The van der Waals surface area contributed by atoms with Gasteiger partial charge in [-0.1, -0.05) is 35.5 Å². The number of ether oxygens (including phenoxy) is 1. The van der Waals surface area contributed by atoms with Gasteiger partial charge in [-0.05, 0) is 44.7 Å². The van der Waals surface area contributed by atoms with Crippen LogP contribution in [0.5, 0.6) is 0 Å². The maximum atomic E-state index is 5.60. The molecule has 1 aromatic heterocycles. The van der Waals surface area contributed by atoms with Crippen LogP contribution >= 0.6 is 0 Å². The van der Waals surface area contributed by atoms with Crippen molar-refractivity contribution in [2.24, 2.45) is 0 Å². The van der Waals surface area contributed by atoms with Gasteiger partial charge in [-0.3, -0.25) is 9.80 Å². The van der Waals surface area contributed by atoms with E-state index in [0.29, 0.717) is 12.1 Å². The summed E-state index contributed by atoms with van der Waals surface area (Å²) in [4.78, 5) is 5.35. The van der Waals surface area contributed by atoms with E-state index in [9.17, 15) is 0 Å². The van der Waals surface area contributed by atoms with Gasteiger partial charge in [0.1, 0.15) is 5.76 Å². The lowest BCUT2D eigenvalue weighted by molar-refractivity contribution is -0.00852. The Balaban J connectivity index is 1.42. The van der Waals surface area contributed by atoms with Crippen molar-refractivity contribution in [3.05, 3.63) is 53.4 Å². The van der Waals surface area contributed by atoms with Gasteiger partial charge in [0, 0.05) is 43.2 Å². The minimum absolute atomic E-state index is 0.281. The van der Waals surface area contributed by atoms with Gasteiger partial charge in [-0.15, -0.1) is 0 Å². The Hall–Kier alpha value is -1.69. The van der Waals surface area contributed by atoms with Crippen molar-refractivity contribution < 1.29 is 9.26 Å². The maximum absolute atomic E-state index is 5.60. The van der Waals surface area contributed by atoms with Crippen LogP contribution in [0.25, 0.3) is 0 Å². The summed E-state index contributed by atoms with van der Waals surface area (Å²) >= 11 is 0. The van der Waals surface area contributed by atoms with Crippen LogP contribution < -0.4 is 0 Å². The van der Waals surface area contributed by atoms with Crippen molar-refractivity contribution in [3.8, 4) is 0 Å². The molecular formula is C23H31N3O2. The molecule has 28 heavy (non-hydrogen) atoms. The van der Waals surface area contributed by atoms with Crippen molar-refractivity contribution in [2.75, 3.05) is 32.8 Å². The van der Waals surface area contributed by atoms with Gasteiger partial charge < -0.3 is 9.26 Å². The predicted octanol–water partition coefficient (Wildman–Crippen LogP) is 3.38. The monoisotopic (exact) mass is 381 g/mol. The maximum Gasteiger partial charge on any atom is 0.133 e. The first kappa shape index (κ1) is 18.3. The summed E-state index contributed by atoms with van der Waals surface area (Å²) in [5.41, 5.74) is 2.87. The molecule has 5 rings (SSSR count). The topological polar surface area (TPSA) is 41.7 Å². The lowest BCUT2D eigenvalue weighted by Crippen LogP contribution is -2.54. The molecule has 0 unspecified atom stereocenters. The zero-order chi connectivity index (χ0) is 19.0. The quantitative estimate of drug-likeness (QED) is 0.812. The number of hydrogen-bond acceptors (Lipinski definition) is 5. The fraction of sp³-hybridized carbons (Fsp3) is 0.609. The summed E-state index contributed by atoms with van der Waals surface area (Å²) in [6.45, 7) is 7.94. The highest BCUT2D eigenvalue weighted by Gasteiger charge is 2.52. The van der Waals surface area contributed by atoms with E-state index < -0.39 is 0 Å². The Labute approximate surface area is 167 Å². The Kier molecular flexibility index (Phi) is 4.99. The zero-order valence-corrected chi connectivity index (χ0v) is 16.8. The minimum atomic E-state index is 0.281. The van der Waals surface area contributed by atoms with Gasteiger partial charge in [0.25, 0.3) is 0 Å². The van der Waals surface area contributed by atoms with Gasteiger partial charge in [-0.2, -0.15) is 0 Å². The molecule has 0 bridgehead atoms. The normalized spacial score (nSPS) is 31.8. The van der Waals surface area contributed by atoms with Crippen LogP contribution in [0.15, 0.2) is 40.9 Å². The molecule has 1 aromatic carbocycles. The minimum Gasteiger partial charge on any atom is -0.379 e. The molecule has 2 aliphatic heterocycles. The zero-order valence-electron chi connectivity index (χ0n) is 16.8. The first-order chi connectivity index (χ1) is 13.7. The Morgan fingerprint density at radius 2 is 1.93 bits per heavy atom. The van der Waals surface area contributed by atoms with Crippen LogP contribution in [0.3, 0.4) is 0 Å². The van der Waals surface area contributed by atoms with E-state index in [1.54, 1.807) is 0 Å². The van der Waals surface area contributed by atoms with Crippen molar-refractivity contribution in [1.82, 2.24) is 15.0 Å². The van der Waals surface area contributed by atoms with E-state index in [1.807, 2.05) is 6.92 Å². The van der Waals surface area contributed by atoms with E-state index >= 15 is 0 Å². The first-order valence-corrected chi connectivity index (χ1v) is 10.8. The van der Waals surface area contributed by atoms with E-state index in [-0.39, 0.29) is 5.41 Å². The lowest BCUT2D eigenvalue weighted by atomic mass is 9.64. The molecule has 1 saturated carbocycles. The van der Waals surface area contributed by atoms with E-state index in [0.717, 1.165) is 50.8 Å². The molecule has 3 heterocycles. The summed E-state index contributed by atoms with van der Waals surface area (Å²) in [6.07, 6.45) is 5.06. The number of rotatable bonds is 4. The fourth-order valence-electron chi connectivity index (χ4n) is 5.90. The number of aromatic nitrogens is 1. The second kappa shape index (κ2) is 7.62. The molecule has 5 nitrogen and oxygen atoms in total. The molecule has 3 aliphatic rings. The average molecular weight is 382 g/mol. The third-order valence-corrected chi connectivity index (χ3v) is 7.30. The van der Waals surface area contributed by atoms with Gasteiger partial charge in [0.15, 0.2) is 0 Å². The predicted molar refractivity (Wildman–Crippen MR) is 108 cm³/mol. The SMILES string of the molecule is Cc1cc(CN2CC[C@]3(c4ccccc4)CC[C@H](N4CCOCC4)C[C@H]23)no1. The van der Waals surface area contributed by atoms with Gasteiger partial charge in [-0.25, -0.2) is 0 Å². The summed E-state index contributed by atoms with van der Waals surface area (Å²) in [5.74, 6) is 0.901. The molecule has 5 heteroatoms. The highest BCUT2D eigenvalue weighted by atomic mass is 16.5. The van der Waals surface area contributed by atoms with E-state index in [1.165, 1.54) is 31.2 Å². The molecule has 0 amide bonds. The lowest BCUT2D eigenvalue weighted by Gasteiger charge is -2.48. The number of fused-ring (bicyclic) bond motifs is 1. The molecule has 2 aromatic rings. The second-order valence-corrected chi connectivity index (χ2v) is 8.76. The van der Waals surface area contributed by atoms with Crippen molar-refractivity contribution in [3.63, 3.8) is 0 Å². The Morgan fingerprint density at radius 1 is 1.11 bits per heavy atom. The third kappa shape index (κ3) is 3.30. The number of aryl methyl sites for hydroxylation is 1. The number of benzene rings is 1. The number of hydrogen-bond donors (Lipinski definition) is 0. The molecule has 3 atom stereocenters. The summed E-state index contributed by atoms with van der Waals surface area (Å²) in [6, 6.07) is 14.6. The third-order valence-electron chi connectivity index (χ3n) is 7.30. The van der Waals surface area contributed by atoms with Crippen molar-refractivity contribution in [2.45, 2.75) is 56.7 Å². The molecule has 0 N–H and O–H groups in total. The molecule has 3 fully saturated rings. The van der Waals surface area contributed by atoms with Crippen molar-refractivity contribution in [1.29, 1.82) is 0 Å². The molecular weight excluding hydrogens is 350 g/mol. The summed E-state index contributed by atoms with van der Waals surface area (Å²) in [7, 11) is 0. The second-order valence-electron chi connectivity index (χ2n) is 8.76. The number of likely N-dealkylation sites (tertiary alicyclic amines) is 1. The number of morpholine rings is 1. The molecule has 150 valence electrons. The van der Waals surface area contributed by atoms with Crippen LogP contribution in [-0.4, -0.2) is 59.9 Å². The van der Waals surface area contributed by atoms with Crippen molar-refractivity contribution >= 4 is 0 Å². The van der Waals surface area contributed by atoms with Gasteiger partial charge >= 0.3 is 0 Å². The van der Waals surface area contributed by atoms with Gasteiger partial charge in [0.05, 0.1) is 18.9 Å². The average Bonchev–Trinajstić information content (AvgIpc) is 3.33. The largest absolute Gasteiger partial charge is 0.379 e. The van der Waals surface area contributed by atoms with Crippen LogP contribution in [0, 0.1) is 6.92 Å². The molecule has 1 aliphatic carbocycles. The fourth-order valence-corrected chi connectivity index (χ4v) is 5.90. The smallest absolute Gasteiger partial charge is 0.133 e. The highest BCUT2D eigenvalue weighted by molar-refractivity contribution is 5.31. The molecule has 0 spiro atoms. The van der Waals surface area contributed by atoms with Crippen LogP contribution in [0.4, 0.5) is 0 Å². The van der Waals surface area contributed by atoms with E-state index in [4.69, 9.17) is 9.26 Å². The Bertz CT molecular complexity index is 786. The van der Waals surface area contributed by atoms with Crippen LogP contribution in [0.1, 0.15) is 42.7 Å². The first-order valence-electron chi connectivity index (χ1n) is 10.8. The van der Waals surface area contributed by atoms with Crippen LogP contribution in [-0.2, 0) is 16.7 Å². The van der Waals surface area contributed by atoms with E-state index in [2.05, 4.69) is 51.4 Å². The van der Waals surface area contributed by atoms with Gasteiger partial charge in [0.2, 0.25) is 0 Å². The summed E-state index contributed by atoms with van der Waals surface area (Å²) in [5, 5.41) is 4.28.